The number of carbonyl (C=O) groups is 1. The molecule has 0 radical (unpaired) electrons. The van der Waals surface area contributed by atoms with E-state index in [4.69, 9.17) is 5.11 Å². The first kappa shape index (κ1) is 20.5. The molecule has 0 fully saturated rings. The molecule has 2 nitrogen and oxygen atoms in total. The smallest absolute Gasteiger partial charge is 0.303 e. The maximum Gasteiger partial charge on any atom is 0.303 e. The van der Waals surface area contributed by atoms with Gasteiger partial charge in [-0.15, -0.1) is 0 Å². The van der Waals surface area contributed by atoms with Crippen molar-refractivity contribution in [2.75, 3.05) is 0 Å². The van der Waals surface area contributed by atoms with Gasteiger partial charge < -0.3 is 5.11 Å². The Morgan fingerprint density at radius 1 is 0.857 bits per heavy atom. The van der Waals surface area contributed by atoms with Gasteiger partial charge in [0, 0.05) is 6.42 Å². The first-order valence-corrected chi connectivity index (χ1v) is 9.33. The molecule has 2 atom stereocenters. The number of carboxylic acids is 1. The third kappa shape index (κ3) is 12.9. The molecule has 0 aliphatic heterocycles. The first-order chi connectivity index (χ1) is 10.1. The minimum absolute atomic E-state index is 0.339. The molecule has 0 aromatic carbocycles. The highest BCUT2D eigenvalue weighted by molar-refractivity contribution is 5.66. The molecule has 0 aliphatic carbocycles. The zero-order valence-corrected chi connectivity index (χ0v) is 14.7. The quantitative estimate of drug-likeness (QED) is 0.353. The van der Waals surface area contributed by atoms with Gasteiger partial charge in [0.2, 0.25) is 0 Å². The fourth-order valence-corrected chi connectivity index (χ4v) is 3.23. The van der Waals surface area contributed by atoms with E-state index in [-0.39, 0.29) is 0 Å². The molecule has 0 aliphatic rings. The zero-order chi connectivity index (χ0) is 15.9. The molecule has 1 N–H and O–H groups in total. The highest BCUT2D eigenvalue weighted by atomic mass is 16.4. The summed E-state index contributed by atoms with van der Waals surface area (Å²) < 4.78 is 0. The van der Waals surface area contributed by atoms with Crippen molar-refractivity contribution in [3.8, 4) is 0 Å². The van der Waals surface area contributed by atoms with Gasteiger partial charge in [-0.1, -0.05) is 91.4 Å². The predicted octanol–water partition coefficient (Wildman–Crippen LogP) is 6.43. The predicted molar refractivity (Wildman–Crippen MR) is 91.7 cm³/mol. The summed E-state index contributed by atoms with van der Waals surface area (Å²) in [4.78, 5) is 10.4. The molecule has 0 saturated heterocycles. The largest absolute Gasteiger partial charge is 0.481 e. The minimum atomic E-state index is -0.655. The Kier molecular flexibility index (Phi) is 14.0. The number of unbranched alkanes of at least 4 members (excludes halogenated alkanes) is 7. The fourth-order valence-electron chi connectivity index (χ4n) is 3.23. The number of carboxylic acid groups (broad SMARTS) is 1. The Balaban J connectivity index is 3.55. The summed E-state index contributed by atoms with van der Waals surface area (Å²) in [6.45, 7) is 7.04. The monoisotopic (exact) mass is 298 g/mol. The molecular formula is C19H38O2. The third-order valence-corrected chi connectivity index (χ3v) is 4.81. The van der Waals surface area contributed by atoms with Crippen molar-refractivity contribution in [2.45, 2.75) is 104 Å². The molecule has 0 aromatic rings. The van der Waals surface area contributed by atoms with E-state index in [2.05, 4.69) is 20.8 Å². The van der Waals surface area contributed by atoms with Crippen LogP contribution in [0.3, 0.4) is 0 Å². The molecule has 0 saturated carbocycles. The Labute approximate surface area is 132 Å². The van der Waals surface area contributed by atoms with E-state index in [0.29, 0.717) is 6.42 Å². The van der Waals surface area contributed by atoms with Crippen LogP contribution in [0.5, 0.6) is 0 Å². The lowest BCUT2D eigenvalue weighted by molar-refractivity contribution is -0.137. The lowest BCUT2D eigenvalue weighted by Gasteiger charge is -2.22. The second-order valence-corrected chi connectivity index (χ2v) is 6.70. The van der Waals surface area contributed by atoms with E-state index in [1.807, 2.05) is 0 Å². The Hall–Kier alpha value is -0.530. The van der Waals surface area contributed by atoms with Gasteiger partial charge in [0.15, 0.2) is 0 Å². The van der Waals surface area contributed by atoms with Crippen molar-refractivity contribution in [2.24, 2.45) is 11.8 Å². The van der Waals surface area contributed by atoms with Crippen LogP contribution >= 0.6 is 0 Å². The van der Waals surface area contributed by atoms with Crippen LogP contribution in [-0.2, 0) is 4.79 Å². The maximum atomic E-state index is 10.4. The van der Waals surface area contributed by atoms with Crippen LogP contribution < -0.4 is 0 Å². The van der Waals surface area contributed by atoms with Crippen molar-refractivity contribution in [3.63, 3.8) is 0 Å². The molecule has 2 heteroatoms. The minimum Gasteiger partial charge on any atom is -0.481 e. The number of rotatable bonds is 15. The molecule has 0 amide bonds. The van der Waals surface area contributed by atoms with Gasteiger partial charge in [-0.2, -0.15) is 0 Å². The molecule has 2 unspecified atom stereocenters. The van der Waals surface area contributed by atoms with Gasteiger partial charge in [-0.05, 0) is 18.3 Å². The lowest BCUT2D eigenvalue weighted by atomic mass is 9.83. The van der Waals surface area contributed by atoms with Gasteiger partial charge in [0.05, 0.1) is 0 Å². The average molecular weight is 299 g/mol. The molecule has 0 bridgehead atoms. The normalized spacial score (nSPS) is 14.0. The van der Waals surface area contributed by atoms with Crippen LogP contribution in [0.4, 0.5) is 0 Å². The molecule has 0 spiro atoms. The van der Waals surface area contributed by atoms with Crippen LogP contribution in [-0.4, -0.2) is 11.1 Å². The van der Waals surface area contributed by atoms with Crippen molar-refractivity contribution < 1.29 is 9.90 Å². The van der Waals surface area contributed by atoms with Gasteiger partial charge in [-0.25, -0.2) is 0 Å². The Bertz CT molecular complexity index is 238. The number of hydrogen-bond acceptors (Lipinski definition) is 1. The SMILES string of the molecule is CCCCCCC(CC)C(C)CCCCCCCC(=O)O. The summed E-state index contributed by atoms with van der Waals surface area (Å²) in [7, 11) is 0. The lowest BCUT2D eigenvalue weighted by Crippen LogP contribution is -2.11. The van der Waals surface area contributed by atoms with E-state index >= 15 is 0 Å². The number of hydrogen-bond donors (Lipinski definition) is 1. The van der Waals surface area contributed by atoms with Crippen LogP contribution in [0.15, 0.2) is 0 Å². The van der Waals surface area contributed by atoms with Gasteiger partial charge >= 0.3 is 5.97 Å². The summed E-state index contributed by atoms with van der Waals surface area (Å²) in [6, 6.07) is 0. The molecule has 126 valence electrons. The topological polar surface area (TPSA) is 37.3 Å². The van der Waals surface area contributed by atoms with Crippen LogP contribution in [0.25, 0.3) is 0 Å². The second kappa shape index (κ2) is 14.4. The molecular weight excluding hydrogens is 260 g/mol. The standard InChI is InChI=1S/C19H38O2/c1-4-6-7-12-15-18(5-2)17(3)14-11-9-8-10-13-16-19(20)21/h17-18H,4-16H2,1-3H3,(H,20,21). The van der Waals surface area contributed by atoms with E-state index in [9.17, 15) is 4.79 Å². The summed E-state index contributed by atoms with van der Waals surface area (Å²) in [5, 5.41) is 8.58. The summed E-state index contributed by atoms with van der Waals surface area (Å²) in [6.07, 6.45) is 15.7. The maximum absolute atomic E-state index is 10.4. The van der Waals surface area contributed by atoms with Crippen LogP contribution in [0.2, 0.25) is 0 Å². The van der Waals surface area contributed by atoms with Crippen molar-refractivity contribution in [1.29, 1.82) is 0 Å². The van der Waals surface area contributed by atoms with E-state index in [1.165, 1.54) is 64.2 Å². The highest BCUT2D eigenvalue weighted by Crippen LogP contribution is 2.27. The van der Waals surface area contributed by atoms with Crippen LogP contribution in [0.1, 0.15) is 104 Å². The summed E-state index contributed by atoms with van der Waals surface area (Å²) in [5.74, 6) is 1.11. The third-order valence-electron chi connectivity index (χ3n) is 4.81. The van der Waals surface area contributed by atoms with Gasteiger partial charge in [0.25, 0.3) is 0 Å². The van der Waals surface area contributed by atoms with Crippen molar-refractivity contribution >= 4 is 5.97 Å². The fraction of sp³-hybridized carbons (Fsp3) is 0.947. The second-order valence-electron chi connectivity index (χ2n) is 6.70. The molecule has 0 rings (SSSR count). The van der Waals surface area contributed by atoms with E-state index in [1.54, 1.807) is 0 Å². The average Bonchev–Trinajstić information content (AvgIpc) is 2.46. The summed E-state index contributed by atoms with van der Waals surface area (Å²) >= 11 is 0. The van der Waals surface area contributed by atoms with E-state index < -0.39 is 5.97 Å². The molecule has 0 aromatic heterocycles. The van der Waals surface area contributed by atoms with Gasteiger partial charge in [0.1, 0.15) is 0 Å². The zero-order valence-electron chi connectivity index (χ0n) is 14.7. The van der Waals surface area contributed by atoms with Gasteiger partial charge in [-0.3, -0.25) is 4.79 Å². The van der Waals surface area contributed by atoms with Crippen molar-refractivity contribution in [1.82, 2.24) is 0 Å². The Morgan fingerprint density at radius 2 is 1.43 bits per heavy atom. The first-order valence-electron chi connectivity index (χ1n) is 9.33. The van der Waals surface area contributed by atoms with E-state index in [0.717, 1.165) is 24.7 Å². The Morgan fingerprint density at radius 3 is 2.05 bits per heavy atom. The highest BCUT2D eigenvalue weighted by Gasteiger charge is 2.14. The van der Waals surface area contributed by atoms with Crippen LogP contribution in [0, 0.1) is 11.8 Å². The van der Waals surface area contributed by atoms with Crippen molar-refractivity contribution in [3.05, 3.63) is 0 Å². The summed E-state index contributed by atoms with van der Waals surface area (Å²) in [5.41, 5.74) is 0. The molecule has 0 heterocycles. The molecule has 21 heavy (non-hydrogen) atoms. The number of aliphatic carboxylic acids is 1.